The molecule has 138 valence electrons. The number of rotatable bonds is 4. The van der Waals surface area contributed by atoms with E-state index in [2.05, 4.69) is 19.9 Å². The van der Waals surface area contributed by atoms with Gasteiger partial charge in [-0.1, -0.05) is 26.0 Å². The first-order valence-corrected chi connectivity index (χ1v) is 9.21. The first-order valence-electron chi connectivity index (χ1n) is 9.21. The summed E-state index contributed by atoms with van der Waals surface area (Å²) in [5, 5.41) is 0. The fourth-order valence-electron chi connectivity index (χ4n) is 3.42. The van der Waals surface area contributed by atoms with Crippen molar-refractivity contribution in [3.63, 3.8) is 0 Å². The van der Waals surface area contributed by atoms with Crippen LogP contribution in [-0.4, -0.2) is 36.3 Å². The summed E-state index contributed by atoms with van der Waals surface area (Å²) >= 11 is 0. The first kappa shape index (κ1) is 18.2. The number of carbonyl (C=O) groups is 2. The lowest BCUT2D eigenvalue weighted by Crippen LogP contribution is -2.52. The van der Waals surface area contributed by atoms with E-state index in [-0.39, 0.29) is 17.6 Å². The molecule has 1 fully saturated rings. The summed E-state index contributed by atoms with van der Waals surface area (Å²) in [6.07, 6.45) is 4.01. The van der Waals surface area contributed by atoms with Crippen LogP contribution in [0.25, 0.3) is 0 Å². The Morgan fingerprint density at radius 2 is 2.00 bits per heavy atom. The third kappa shape index (κ3) is 3.66. The molecule has 2 heterocycles. The number of nitrogens with zero attached hydrogens (tertiary/aromatic N) is 2. The molecule has 1 atom stereocenters. The van der Waals surface area contributed by atoms with Crippen molar-refractivity contribution in [3.8, 4) is 0 Å². The van der Waals surface area contributed by atoms with Crippen LogP contribution in [0, 0.1) is 0 Å². The maximum Gasteiger partial charge on any atom is 0.290 e. The second-order valence-corrected chi connectivity index (χ2v) is 7.13. The molecule has 0 spiro atoms. The Labute approximate surface area is 154 Å². The van der Waals surface area contributed by atoms with Gasteiger partial charge in [-0.15, -0.1) is 0 Å². The zero-order valence-electron chi connectivity index (χ0n) is 15.6. The maximum atomic E-state index is 13.2. The molecule has 1 unspecified atom stereocenters. The number of likely N-dealkylation sites (N-methyl/N-ethyl adjacent to an activating group) is 1. The summed E-state index contributed by atoms with van der Waals surface area (Å²) in [6.45, 7) is 4.84. The Morgan fingerprint density at radius 3 is 2.69 bits per heavy atom. The van der Waals surface area contributed by atoms with Crippen molar-refractivity contribution >= 4 is 17.5 Å². The van der Waals surface area contributed by atoms with Gasteiger partial charge in [0, 0.05) is 19.3 Å². The zero-order valence-corrected chi connectivity index (χ0v) is 15.6. The molecular weight excluding hydrogens is 328 g/mol. The van der Waals surface area contributed by atoms with E-state index < -0.39 is 6.04 Å². The van der Waals surface area contributed by atoms with Crippen LogP contribution in [-0.2, 0) is 4.79 Å². The molecule has 5 nitrogen and oxygen atoms in total. The quantitative estimate of drug-likeness (QED) is 0.832. The van der Waals surface area contributed by atoms with Crippen molar-refractivity contribution in [2.75, 3.05) is 18.5 Å². The van der Waals surface area contributed by atoms with Gasteiger partial charge in [-0.2, -0.15) is 0 Å². The topological polar surface area (TPSA) is 53.8 Å². The molecular formula is C21H26N2O3. The highest BCUT2D eigenvalue weighted by atomic mass is 16.3. The van der Waals surface area contributed by atoms with E-state index in [1.165, 1.54) is 11.8 Å². The first-order chi connectivity index (χ1) is 12.5. The summed E-state index contributed by atoms with van der Waals surface area (Å²) in [4.78, 5) is 29.2. The van der Waals surface area contributed by atoms with Crippen molar-refractivity contribution in [1.82, 2.24) is 4.90 Å². The van der Waals surface area contributed by atoms with E-state index in [0.717, 1.165) is 18.5 Å². The van der Waals surface area contributed by atoms with Gasteiger partial charge in [0.2, 0.25) is 5.91 Å². The fourth-order valence-corrected chi connectivity index (χ4v) is 3.42. The third-order valence-electron chi connectivity index (χ3n) is 5.04. The van der Waals surface area contributed by atoms with Gasteiger partial charge in [-0.25, -0.2) is 0 Å². The van der Waals surface area contributed by atoms with Crippen LogP contribution in [0.1, 0.15) is 55.1 Å². The molecule has 1 aliphatic rings. The van der Waals surface area contributed by atoms with E-state index >= 15 is 0 Å². The molecule has 0 saturated carbocycles. The number of likely N-dealkylation sites (tertiary alicyclic amines) is 1. The highest BCUT2D eigenvalue weighted by molar-refractivity contribution is 6.01. The van der Waals surface area contributed by atoms with E-state index in [1.54, 1.807) is 29.0 Å². The van der Waals surface area contributed by atoms with Crippen LogP contribution in [0.4, 0.5) is 5.69 Å². The van der Waals surface area contributed by atoms with Crippen LogP contribution >= 0.6 is 0 Å². The standard InChI is InChI=1S/C21H26N2O3/c1-15(2)16-8-6-9-17(14-16)22(3)20(24)18-10-4-5-12-23(18)21(25)19-11-7-13-26-19/h6-9,11,13-15,18H,4-5,10,12H2,1-3H3. The van der Waals surface area contributed by atoms with E-state index in [9.17, 15) is 9.59 Å². The molecule has 2 aromatic rings. The molecule has 1 saturated heterocycles. The van der Waals surface area contributed by atoms with E-state index in [1.807, 2.05) is 18.2 Å². The number of hydrogen-bond donors (Lipinski definition) is 0. The van der Waals surface area contributed by atoms with Crippen LogP contribution in [0.5, 0.6) is 0 Å². The number of piperidine rings is 1. The minimum Gasteiger partial charge on any atom is -0.459 e. The normalized spacial score (nSPS) is 17.4. The highest BCUT2D eigenvalue weighted by Gasteiger charge is 2.35. The molecule has 1 aliphatic heterocycles. The fraction of sp³-hybridized carbons (Fsp3) is 0.429. The molecule has 0 radical (unpaired) electrons. The average Bonchev–Trinajstić information content (AvgIpc) is 3.21. The molecule has 5 heteroatoms. The van der Waals surface area contributed by atoms with Crippen LogP contribution in [0.2, 0.25) is 0 Å². The molecule has 0 bridgehead atoms. The summed E-state index contributed by atoms with van der Waals surface area (Å²) in [6, 6.07) is 10.9. The lowest BCUT2D eigenvalue weighted by molar-refractivity contribution is -0.123. The predicted octanol–water partition coefficient (Wildman–Crippen LogP) is 4.06. The molecule has 1 aromatic carbocycles. The van der Waals surface area contributed by atoms with Crippen molar-refractivity contribution < 1.29 is 14.0 Å². The third-order valence-corrected chi connectivity index (χ3v) is 5.04. The second kappa shape index (κ2) is 7.77. The monoisotopic (exact) mass is 354 g/mol. The Bertz CT molecular complexity index is 767. The lowest BCUT2D eigenvalue weighted by atomic mass is 9.99. The zero-order chi connectivity index (χ0) is 18.7. The predicted molar refractivity (Wildman–Crippen MR) is 101 cm³/mol. The average molecular weight is 354 g/mol. The summed E-state index contributed by atoms with van der Waals surface area (Å²) < 4.78 is 5.25. The number of carbonyl (C=O) groups excluding carboxylic acids is 2. The Balaban J connectivity index is 1.82. The van der Waals surface area contributed by atoms with Gasteiger partial charge in [0.15, 0.2) is 5.76 Å². The van der Waals surface area contributed by atoms with Crippen LogP contribution in [0.3, 0.4) is 0 Å². The van der Waals surface area contributed by atoms with Gasteiger partial charge in [0.1, 0.15) is 6.04 Å². The van der Waals surface area contributed by atoms with Gasteiger partial charge < -0.3 is 14.2 Å². The van der Waals surface area contributed by atoms with Crippen molar-refractivity contribution in [1.29, 1.82) is 0 Å². The number of anilines is 1. The summed E-state index contributed by atoms with van der Waals surface area (Å²) in [5.41, 5.74) is 2.05. The second-order valence-electron chi connectivity index (χ2n) is 7.13. The number of benzene rings is 1. The number of furan rings is 1. The number of hydrogen-bond acceptors (Lipinski definition) is 3. The van der Waals surface area contributed by atoms with Crippen LogP contribution < -0.4 is 4.90 Å². The van der Waals surface area contributed by atoms with Gasteiger partial charge in [-0.3, -0.25) is 9.59 Å². The number of amides is 2. The smallest absolute Gasteiger partial charge is 0.290 e. The van der Waals surface area contributed by atoms with Gasteiger partial charge in [-0.05, 0) is 55.0 Å². The largest absolute Gasteiger partial charge is 0.459 e. The molecule has 0 aliphatic carbocycles. The van der Waals surface area contributed by atoms with Crippen molar-refractivity contribution in [2.24, 2.45) is 0 Å². The van der Waals surface area contributed by atoms with E-state index in [4.69, 9.17) is 4.42 Å². The molecule has 0 N–H and O–H groups in total. The Morgan fingerprint density at radius 1 is 1.19 bits per heavy atom. The Hall–Kier alpha value is -2.56. The van der Waals surface area contributed by atoms with Gasteiger partial charge >= 0.3 is 0 Å². The van der Waals surface area contributed by atoms with Crippen molar-refractivity contribution in [2.45, 2.75) is 45.1 Å². The minimum atomic E-state index is -0.450. The summed E-state index contributed by atoms with van der Waals surface area (Å²) in [7, 11) is 1.78. The molecule has 3 rings (SSSR count). The maximum absolute atomic E-state index is 13.2. The molecule has 1 aromatic heterocycles. The minimum absolute atomic E-state index is 0.0505. The SMILES string of the molecule is CC(C)c1cccc(N(C)C(=O)C2CCCCN2C(=O)c2ccco2)c1. The highest BCUT2D eigenvalue weighted by Crippen LogP contribution is 2.25. The van der Waals surface area contributed by atoms with Crippen molar-refractivity contribution in [3.05, 3.63) is 54.0 Å². The van der Waals surface area contributed by atoms with Gasteiger partial charge in [0.25, 0.3) is 5.91 Å². The van der Waals surface area contributed by atoms with E-state index in [0.29, 0.717) is 18.9 Å². The Kier molecular flexibility index (Phi) is 5.45. The van der Waals surface area contributed by atoms with Crippen LogP contribution in [0.15, 0.2) is 47.1 Å². The molecule has 2 amide bonds. The summed E-state index contributed by atoms with van der Waals surface area (Å²) in [5.74, 6) is 0.419. The van der Waals surface area contributed by atoms with Gasteiger partial charge in [0.05, 0.1) is 6.26 Å². The lowest BCUT2D eigenvalue weighted by Gasteiger charge is -2.36. The molecule has 26 heavy (non-hydrogen) atoms.